The van der Waals surface area contributed by atoms with Crippen molar-refractivity contribution >= 4 is 38.9 Å². The predicted molar refractivity (Wildman–Crippen MR) is 95.3 cm³/mol. The molecular formula is C19H19N2S+. The van der Waals surface area contributed by atoms with Crippen LogP contribution >= 0.6 is 11.3 Å². The number of hydrogen-bond donors (Lipinski definition) is 0. The van der Waals surface area contributed by atoms with Gasteiger partial charge in [0.25, 0.3) is 5.01 Å². The van der Waals surface area contributed by atoms with Gasteiger partial charge >= 0.3 is 0 Å². The van der Waals surface area contributed by atoms with Crippen molar-refractivity contribution in [1.29, 1.82) is 0 Å². The van der Waals surface area contributed by atoms with Crippen LogP contribution in [0.25, 0.3) is 21.9 Å². The first kappa shape index (κ1) is 13.5. The minimum atomic E-state index is 1.10. The molecule has 1 aliphatic rings. The Bertz CT molecular complexity index is 857. The number of aromatic nitrogens is 1. The molecule has 0 aliphatic carbocycles. The second-order valence-electron chi connectivity index (χ2n) is 5.93. The normalized spacial score (nSPS) is 15.5. The van der Waals surface area contributed by atoms with Crippen molar-refractivity contribution in [1.82, 2.24) is 0 Å². The van der Waals surface area contributed by atoms with E-state index in [1.807, 2.05) is 11.3 Å². The summed E-state index contributed by atoms with van der Waals surface area (Å²) < 4.78 is 3.84. The lowest BCUT2D eigenvalue weighted by atomic mass is 10.1. The average Bonchev–Trinajstić information content (AvgIpc) is 3.08. The predicted octanol–water partition coefficient (Wildman–Crippen LogP) is 4.20. The number of anilines is 1. The molecule has 2 aromatic carbocycles. The summed E-state index contributed by atoms with van der Waals surface area (Å²) in [4.78, 5) is 2.13. The van der Waals surface area contributed by atoms with Crippen LogP contribution in [0.3, 0.4) is 0 Å². The summed E-state index contributed by atoms with van der Waals surface area (Å²) in [5.74, 6) is 0. The molecule has 3 heteroatoms. The number of fused-ring (bicyclic) bond motifs is 3. The van der Waals surface area contributed by atoms with Gasteiger partial charge in [-0.3, -0.25) is 0 Å². The standard InChI is InChI=1S/C19H19N2S/c1-20(2)16-9-7-14(8-10-16)13-15-11-12-21-17-5-3-4-6-18(17)22-19(15)21/h3-10,13H,11-12H2,1-2H3/q+1. The molecule has 3 aromatic rings. The van der Waals surface area contributed by atoms with Crippen LogP contribution in [0.5, 0.6) is 0 Å². The van der Waals surface area contributed by atoms with E-state index in [4.69, 9.17) is 0 Å². The summed E-state index contributed by atoms with van der Waals surface area (Å²) >= 11 is 1.91. The van der Waals surface area contributed by atoms with Gasteiger partial charge in [0.1, 0.15) is 4.70 Å². The number of hydrogen-bond acceptors (Lipinski definition) is 2. The van der Waals surface area contributed by atoms with Crippen LogP contribution in [0.15, 0.2) is 48.5 Å². The van der Waals surface area contributed by atoms with Crippen molar-refractivity contribution in [2.24, 2.45) is 0 Å². The van der Waals surface area contributed by atoms with Crippen LogP contribution in [0.1, 0.15) is 17.0 Å². The van der Waals surface area contributed by atoms with Crippen molar-refractivity contribution in [3.05, 3.63) is 59.1 Å². The number of benzene rings is 2. The first-order chi connectivity index (χ1) is 10.7. The molecule has 110 valence electrons. The molecule has 0 fully saturated rings. The van der Waals surface area contributed by atoms with E-state index >= 15 is 0 Å². The van der Waals surface area contributed by atoms with Gasteiger partial charge in [-0.05, 0) is 29.8 Å². The zero-order valence-electron chi connectivity index (χ0n) is 12.9. The molecule has 0 amide bonds. The van der Waals surface area contributed by atoms with Crippen LogP contribution in [-0.2, 0) is 6.54 Å². The third kappa shape index (κ3) is 2.22. The minimum absolute atomic E-state index is 1.10. The number of thiazole rings is 1. The molecule has 2 nitrogen and oxygen atoms in total. The van der Waals surface area contributed by atoms with Gasteiger partial charge in [-0.25, -0.2) is 0 Å². The monoisotopic (exact) mass is 307 g/mol. The Kier molecular flexibility index (Phi) is 3.23. The molecule has 0 saturated carbocycles. The average molecular weight is 307 g/mol. The lowest BCUT2D eigenvalue weighted by Gasteiger charge is -2.11. The fourth-order valence-electron chi connectivity index (χ4n) is 3.04. The van der Waals surface area contributed by atoms with Gasteiger partial charge in [0.2, 0.25) is 5.52 Å². The SMILES string of the molecule is CN(C)c1ccc(C=C2CC[n+]3c2sc2ccccc23)cc1. The van der Waals surface area contributed by atoms with E-state index in [0.29, 0.717) is 0 Å². The van der Waals surface area contributed by atoms with E-state index in [9.17, 15) is 0 Å². The van der Waals surface area contributed by atoms with Gasteiger partial charge in [-0.15, -0.1) is 0 Å². The van der Waals surface area contributed by atoms with Crippen molar-refractivity contribution in [3.63, 3.8) is 0 Å². The highest BCUT2D eigenvalue weighted by atomic mass is 32.1. The molecule has 2 heterocycles. The van der Waals surface area contributed by atoms with Gasteiger partial charge in [-0.1, -0.05) is 35.6 Å². The maximum absolute atomic E-state index is 2.46. The Balaban J connectivity index is 1.73. The van der Waals surface area contributed by atoms with Gasteiger partial charge in [0, 0.05) is 37.8 Å². The Morgan fingerprint density at radius 1 is 1.05 bits per heavy atom. The number of aryl methyl sites for hydroxylation is 1. The van der Waals surface area contributed by atoms with Crippen LogP contribution in [-0.4, -0.2) is 14.1 Å². The zero-order valence-corrected chi connectivity index (χ0v) is 13.7. The Hall–Kier alpha value is -2.13. The quantitative estimate of drug-likeness (QED) is 0.644. The summed E-state index contributed by atoms with van der Waals surface area (Å²) in [7, 11) is 4.15. The van der Waals surface area contributed by atoms with Crippen LogP contribution in [0, 0.1) is 0 Å². The fourth-order valence-corrected chi connectivity index (χ4v) is 4.27. The number of para-hydroxylation sites is 1. The molecule has 4 rings (SSSR count). The maximum atomic E-state index is 2.46. The van der Waals surface area contributed by atoms with Crippen molar-refractivity contribution in [2.45, 2.75) is 13.0 Å². The number of rotatable bonds is 2. The molecule has 0 atom stereocenters. The van der Waals surface area contributed by atoms with Crippen molar-refractivity contribution in [2.75, 3.05) is 19.0 Å². The third-order valence-electron chi connectivity index (χ3n) is 4.24. The molecule has 0 N–H and O–H groups in total. The van der Waals surface area contributed by atoms with Crippen LogP contribution in [0.4, 0.5) is 5.69 Å². The topological polar surface area (TPSA) is 7.12 Å². The molecular weight excluding hydrogens is 288 g/mol. The molecule has 0 bridgehead atoms. The van der Waals surface area contributed by atoms with E-state index in [1.54, 1.807) is 0 Å². The van der Waals surface area contributed by atoms with Crippen LogP contribution in [0.2, 0.25) is 0 Å². The zero-order chi connectivity index (χ0) is 15.1. The molecule has 0 radical (unpaired) electrons. The van der Waals surface area contributed by atoms with Gasteiger partial charge < -0.3 is 4.90 Å². The summed E-state index contributed by atoms with van der Waals surface area (Å²) in [6, 6.07) is 17.5. The highest BCUT2D eigenvalue weighted by molar-refractivity contribution is 7.19. The lowest BCUT2D eigenvalue weighted by molar-refractivity contribution is -0.659. The Labute approximate surface area is 134 Å². The van der Waals surface area contributed by atoms with E-state index in [-0.39, 0.29) is 0 Å². The molecule has 1 aromatic heterocycles. The lowest BCUT2D eigenvalue weighted by Crippen LogP contribution is -2.30. The first-order valence-electron chi connectivity index (χ1n) is 7.62. The highest BCUT2D eigenvalue weighted by Gasteiger charge is 2.29. The van der Waals surface area contributed by atoms with E-state index in [0.717, 1.165) is 13.0 Å². The molecule has 22 heavy (non-hydrogen) atoms. The Morgan fingerprint density at radius 3 is 2.59 bits per heavy atom. The van der Waals surface area contributed by atoms with Crippen molar-refractivity contribution < 1.29 is 4.57 Å². The molecule has 0 saturated heterocycles. The maximum Gasteiger partial charge on any atom is 0.266 e. The van der Waals surface area contributed by atoms with Gasteiger partial charge in [0.15, 0.2) is 6.54 Å². The molecule has 0 spiro atoms. The smallest absolute Gasteiger partial charge is 0.266 e. The van der Waals surface area contributed by atoms with Gasteiger partial charge in [-0.2, -0.15) is 4.57 Å². The van der Waals surface area contributed by atoms with Crippen molar-refractivity contribution in [3.8, 4) is 0 Å². The second-order valence-corrected chi connectivity index (χ2v) is 6.96. The summed E-state index contributed by atoms with van der Waals surface area (Å²) in [5, 5.41) is 1.41. The largest absolute Gasteiger partial charge is 0.378 e. The summed E-state index contributed by atoms with van der Waals surface area (Å²) in [6.07, 6.45) is 3.47. The highest BCUT2D eigenvalue weighted by Crippen LogP contribution is 2.33. The fraction of sp³-hybridized carbons (Fsp3) is 0.211. The van der Waals surface area contributed by atoms with E-state index in [2.05, 4.69) is 78.2 Å². The molecule has 0 unspecified atom stereocenters. The summed E-state index contributed by atoms with van der Waals surface area (Å²) in [6.45, 7) is 1.10. The minimum Gasteiger partial charge on any atom is -0.378 e. The third-order valence-corrected chi connectivity index (χ3v) is 5.48. The second kappa shape index (κ2) is 5.25. The van der Waals surface area contributed by atoms with Crippen LogP contribution < -0.4 is 9.47 Å². The first-order valence-corrected chi connectivity index (χ1v) is 8.44. The Morgan fingerprint density at radius 2 is 1.82 bits per heavy atom. The molecule has 1 aliphatic heterocycles. The van der Waals surface area contributed by atoms with Gasteiger partial charge in [0.05, 0.1) is 0 Å². The van der Waals surface area contributed by atoms with E-state index < -0.39 is 0 Å². The summed E-state index contributed by atoms with van der Waals surface area (Å²) in [5.41, 5.74) is 5.35. The number of nitrogens with zero attached hydrogens (tertiary/aromatic N) is 2. The van der Waals surface area contributed by atoms with E-state index in [1.165, 1.54) is 32.0 Å². The number of allylic oxidation sites excluding steroid dienone is 1.